The maximum Gasteiger partial charge on any atom is 0.250 e. The Morgan fingerprint density at radius 3 is 2.38 bits per heavy atom. The molecular formula is C46H66N4O2. The molecule has 3 heterocycles. The van der Waals surface area contributed by atoms with E-state index in [2.05, 4.69) is 139 Å². The quantitative estimate of drug-likeness (QED) is 0.243. The van der Waals surface area contributed by atoms with Gasteiger partial charge in [0.15, 0.2) is 0 Å². The van der Waals surface area contributed by atoms with Gasteiger partial charge in [-0.2, -0.15) is 0 Å². The molecular weight excluding hydrogens is 641 g/mol. The highest BCUT2D eigenvalue weighted by atomic mass is 16.5. The number of carbonyl (C=O) groups excluding carboxylic acids is 1. The van der Waals surface area contributed by atoms with Gasteiger partial charge >= 0.3 is 0 Å². The molecule has 6 heteroatoms. The first kappa shape index (κ1) is 39.6. The summed E-state index contributed by atoms with van der Waals surface area (Å²) in [7, 11) is 3.87. The van der Waals surface area contributed by atoms with Gasteiger partial charge in [0.2, 0.25) is 5.91 Å². The molecule has 5 rings (SSSR count). The standard InChI is InChI=1S/C46H66N4O2/c1-15-38(33(7)46(10,11)12)45(51)50-20-19-40-36(17-16-18-39(40)35(50)9)25-49-22-21-48(28-43(49)29(2)3)27-41-30(4)23-37(24-44(41)52-14)42-26-47(13)34(8)31(5)32(42)6/h15-18,23-24,26,29,33,35,43H,8,19-22,25,27-28H2,1-7,9-14H3/b38-15-. The summed E-state index contributed by atoms with van der Waals surface area (Å²) in [4.78, 5) is 23.5. The molecule has 1 saturated heterocycles. The van der Waals surface area contributed by atoms with E-state index in [0.29, 0.717) is 12.0 Å². The monoisotopic (exact) mass is 707 g/mol. The molecule has 0 saturated carbocycles. The van der Waals surface area contributed by atoms with Gasteiger partial charge in [0, 0.05) is 81.0 Å². The molecule has 6 nitrogen and oxygen atoms in total. The fourth-order valence-electron chi connectivity index (χ4n) is 8.55. The number of benzene rings is 2. The minimum atomic E-state index is 0.0328. The molecule has 3 aliphatic heterocycles. The highest BCUT2D eigenvalue weighted by Crippen LogP contribution is 2.39. The molecule has 52 heavy (non-hydrogen) atoms. The third-order valence-electron chi connectivity index (χ3n) is 12.7. The van der Waals surface area contributed by atoms with Crippen LogP contribution in [0.5, 0.6) is 5.75 Å². The SMILES string of the molecule is C=C1C(C)=C(C)C(c2cc(C)c(CN3CCN(Cc4cccc5c4CCN(C(=O)/C(=C\C)C(C)C(C)(C)C)C5C)C(C(C)C)C3)c(OC)c2)=CN1C. The Morgan fingerprint density at radius 2 is 1.75 bits per heavy atom. The molecule has 1 fully saturated rings. The van der Waals surface area contributed by atoms with Crippen LogP contribution in [-0.2, 0) is 24.3 Å². The molecule has 282 valence electrons. The second-order valence-corrected chi connectivity index (χ2v) is 17.1. The summed E-state index contributed by atoms with van der Waals surface area (Å²) in [6, 6.07) is 11.8. The van der Waals surface area contributed by atoms with Gasteiger partial charge in [-0.15, -0.1) is 0 Å². The van der Waals surface area contributed by atoms with Gasteiger partial charge < -0.3 is 14.5 Å². The van der Waals surface area contributed by atoms with E-state index < -0.39 is 0 Å². The number of carbonyl (C=O) groups is 1. The van der Waals surface area contributed by atoms with E-state index in [0.717, 1.165) is 62.7 Å². The smallest absolute Gasteiger partial charge is 0.250 e. The first-order chi connectivity index (χ1) is 24.5. The first-order valence-corrected chi connectivity index (χ1v) is 19.5. The van der Waals surface area contributed by atoms with Crippen LogP contribution in [0.25, 0.3) is 5.57 Å². The lowest BCUT2D eigenvalue weighted by Crippen LogP contribution is -2.54. The number of piperazine rings is 1. The van der Waals surface area contributed by atoms with Crippen molar-refractivity contribution in [2.24, 2.45) is 17.3 Å². The minimum Gasteiger partial charge on any atom is -0.496 e. The zero-order chi connectivity index (χ0) is 38.2. The Bertz CT molecular complexity index is 1770. The van der Waals surface area contributed by atoms with Crippen LogP contribution in [0.15, 0.2) is 71.6 Å². The molecule has 0 bridgehead atoms. The van der Waals surface area contributed by atoms with Crippen molar-refractivity contribution < 1.29 is 9.53 Å². The van der Waals surface area contributed by atoms with Crippen molar-refractivity contribution in [2.75, 3.05) is 40.3 Å². The number of nitrogens with zero attached hydrogens (tertiary/aromatic N) is 4. The number of hydrogen-bond donors (Lipinski definition) is 0. The van der Waals surface area contributed by atoms with E-state index in [-0.39, 0.29) is 23.3 Å². The van der Waals surface area contributed by atoms with E-state index in [1.807, 2.05) is 13.0 Å². The Balaban J connectivity index is 1.31. The molecule has 0 aliphatic carbocycles. The number of allylic oxidation sites excluding steroid dienone is 4. The topological polar surface area (TPSA) is 39.3 Å². The summed E-state index contributed by atoms with van der Waals surface area (Å²) in [6.45, 7) is 34.3. The van der Waals surface area contributed by atoms with Crippen molar-refractivity contribution in [1.82, 2.24) is 19.6 Å². The minimum absolute atomic E-state index is 0.0328. The average molecular weight is 707 g/mol. The second kappa shape index (κ2) is 15.8. The van der Waals surface area contributed by atoms with Crippen molar-refractivity contribution in [3.63, 3.8) is 0 Å². The molecule has 0 spiro atoms. The fourth-order valence-corrected chi connectivity index (χ4v) is 8.55. The summed E-state index contributed by atoms with van der Waals surface area (Å²) < 4.78 is 6.07. The van der Waals surface area contributed by atoms with Crippen molar-refractivity contribution in [3.8, 4) is 5.75 Å². The van der Waals surface area contributed by atoms with E-state index in [1.54, 1.807) is 7.11 Å². The molecule has 0 aromatic heterocycles. The van der Waals surface area contributed by atoms with Crippen LogP contribution in [0, 0.1) is 24.2 Å². The van der Waals surface area contributed by atoms with E-state index in [9.17, 15) is 4.79 Å². The lowest BCUT2D eigenvalue weighted by atomic mass is 9.76. The summed E-state index contributed by atoms with van der Waals surface area (Å²) in [5.74, 6) is 1.86. The predicted molar refractivity (Wildman–Crippen MR) is 218 cm³/mol. The van der Waals surface area contributed by atoms with Gasteiger partial charge in [-0.25, -0.2) is 0 Å². The van der Waals surface area contributed by atoms with Gasteiger partial charge in [0.05, 0.1) is 13.2 Å². The van der Waals surface area contributed by atoms with Gasteiger partial charge in [-0.3, -0.25) is 14.6 Å². The molecule has 3 unspecified atom stereocenters. The van der Waals surface area contributed by atoms with Crippen LogP contribution in [-0.4, -0.2) is 71.9 Å². The van der Waals surface area contributed by atoms with Crippen molar-refractivity contribution in [1.29, 1.82) is 0 Å². The van der Waals surface area contributed by atoms with Crippen LogP contribution in [0.2, 0.25) is 0 Å². The Labute approximate surface area is 315 Å². The third-order valence-corrected chi connectivity index (χ3v) is 12.7. The summed E-state index contributed by atoms with van der Waals surface area (Å²) in [5.41, 5.74) is 13.6. The van der Waals surface area contributed by atoms with Crippen LogP contribution in [0.4, 0.5) is 0 Å². The zero-order valence-corrected chi connectivity index (χ0v) is 34.6. The number of hydrogen-bond acceptors (Lipinski definition) is 5. The molecule has 2 aromatic carbocycles. The number of amides is 1. The number of aryl methyl sites for hydroxylation is 1. The second-order valence-electron chi connectivity index (χ2n) is 17.1. The van der Waals surface area contributed by atoms with E-state index >= 15 is 0 Å². The number of methoxy groups -OCH3 is 1. The number of likely N-dealkylation sites (N-methyl/N-ethyl adjacent to an activating group) is 1. The largest absolute Gasteiger partial charge is 0.496 e. The van der Waals surface area contributed by atoms with Gasteiger partial charge in [-0.05, 0) is 103 Å². The number of ether oxygens (including phenoxy) is 1. The van der Waals surface area contributed by atoms with Crippen LogP contribution >= 0.6 is 0 Å². The number of rotatable bonds is 9. The molecule has 2 aromatic rings. The highest BCUT2D eigenvalue weighted by Gasteiger charge is 2.36. The normalized spacial score (nSPS) is 21.5. The lowest BCUT2D eigenvalue weighted by Gasteiger charge is -2.44. The van der Waals surface area contributed by atoms with Crippen LogP contribution in [0.1, 0.15) is 109 Å². The molecule has 3 aliphatic rings. The number of fused-ring (bicyclic) bond motifs is 1. The maximum absolute atomic E-state index is 13.9. The average Bonchev–Trinajstić information content (AvgIpc) is 3.10. The Kier molecular flexibility index (Phi) is 12.0. The zero-order valence-electron chi connectivity index (χ0n) is 34.6. The Morgan fingerprint density at radius 1 is 1.04 bits per heavy atom. The predicted octanol–water partition coefficient (Wildman–Crippen LogP) is 9.56. The fraction of sp³-hybridized carbons (Fsp3) is 0.543. The van der Waals surface area contributed by atoms with Gasteiger partial charge in [0.25, 0.3) is 0 Å². The van der Waals surface area contributed by atoms with Crippen LogP contribution in [0.3, 0.4) is 0 Å². The van der Waals surface area contributed by atoms with Gasteiger partial charge in [0.1, 0.15) is 5.75 Å². The molecule has 3 atom stereocenters. The first-order valence-electron chi connectivity index (χ1n) is 19.5. The summed E-state index contributed by atoms with van der Waals surface area (Å²) in [6.07, 6.45) is 5.14. The molecule has 0 radical (unpaired) electrons. The van der Waals surface area contributed by atoms with Crippen molar-refractivity contribution in [3.05, 3.63) is 105 Å². The molecule has 1 amide bonds. The lowest BCUT2D eigenvalue weighted by molar-refractivity contribution is -0.130. The maximum atomic E-state index is 13.9. The molecule has 0 N–H and O–H groups in total. The van der Waals surface area contributed by atoms with E-state index in [4.69, 9.17) is 4.74 Å². The van der Waals surface area contributed by atoms with Gasteiger partial charge in [-0.1, -0.05) is 78.5 Å². The van der Waals surface area contributed by atoms with Crippen LogP contribution < -0.4 is 4.74 Å². The Hall–Kier alpha value is -3.61. The van der Waals surface area contributed by atoms with Crippen molar-refractivity contribution in [2.45, 2.75) is 108 Å². The highest BCUT2D eigenvalue weighted by molar-refractivity contribution is 5.94. The van der Waals surface area contributed by atoms with E-state index in [1.165, 1.54) is 50.1 Å². The third kappa shape index (κ3) is 7.84. The summed E-state index contributed by atoms with van der Waals surface area (Å²) >= 11 is 0. The summed E-state index contributed by atoms with van der Waals surface area (Å²) in [5, 5.41) is 0. The van der Waals surface area contributed by atoms with Crippen molar-refractivity contribution >= 4 is 11.5 Å².